The Morgan fingerprint density at radius 3 is 2.04 bits per heavy atom. The molecular weight excluding hydrogens is 594 g/mol. The zero-order valence-electron chi connectivity index (χ0n) is 25.0. The van der Waals surface area contributed by atoms with E-state index in [9.17, 15) is 28.8 Å². The number of rotatable bonds is 8. The zero-order chi connectivity index (χ0) is 32.6. The van der Waals surface area contributed by atoms with E-state index in [0.29, 0.717) is 9.91 Å². The van der Waals surface area contributed by atoms with Crippen LogP contribution in [0.4, 0.5) is 9.59 Å². The van der Waals surface area contributed by atoms with Gasteiger partial charge in [-0.1, -0.05) is 18.2 Å². The monoisotopic (exact) mass is 623 g/mol. The van der Waals surface area contributed by atoms with Gasteiger partial charge in [0.25, 0.3) is 11.8 Å². The summed E-state index contributed by atoms with van der Waals surface area (Å²) in [5, 5.41) is 1.57. The van der Waals surface area contributed by atoms with Gasteiger partial charge in [-0.3, -0.25) is 19.3 Å². The molecule has 0 N–H and O–H groups in total. The highest BCUT2D eigenvalue weighted by Gasteiger charge is 2.60. The number of fused-ring (bicyclic) bond motifs is 2. The van der Waals surface area contributed by atoms with E-state index >= 15 is 0 Å². The number of hydrazine groups is 1. The van der Waals surface area contributed by atoms with Gasteiger partial charge in [0.2, 0.25) is 17.3 Å². The molecule has 0 saturated heterocycles. The molecule has 0 saturated carbocycles. The van der Waals surface area contributed by atoms with Crippen LogP contribution in [0.1, 0.15) is 56.5 Å². The number of ketones is 1. The molecule has 0 spiro atoms. The quantitative estimate of drug-likeness (QED) is 0.183. The molecule has 0 radical (unpaired) electrons. The molecule has 3 heterocycles. The molecule has 236 valence electrons. The number of methoxy groups -OCH3 is 3. The highest BCUT2D eigenvalue weighted by atomic mass is 16.6. The van der Waals surface area contributed by atoms with Crippen molar-refractivity contribution in [3.8, 4) is 17.2 Å². The molecule has 0 unspecified atom stereocenters. The van der Waals surface area contributed by atoms with Gasteiger partial charge in [0.1, 0.15) is 12.6 Å². The van der Waals surface area contributed by atoms with E-state index in [1.54, 1.807) is 19.1 Å². The molecule has 2 atom stereocenters. The van der Waals surface area contributed by atoms with Crippen molar-refractivity contribution in [3.05, 3.63) is 64.7 Å². The van der Waals surface area contributed by atoms with Crippen molar-refractivity contribution >= 4 is 35.8 Å². The summed E-state index contributed by atoms with van der Waals surface area (Å²) < 4.78 is 32.7. The summed E-state index contributed by atoms with van der Waals surface area (Å²) in [7, 11) is 3.67. The predicted octanol–water partition coefficient (Wildman–Crippen LogP) is 2.89. The van der Waals surface area contributed by atoms with Crippen molar-refractivity contribution < 1.29 is 57.2 Å². The molecule has 2 aromatic rings. The van der Waals surface area contributed by atoms with Gasteiger partial charge in [-0.2, -0.15) is 10.0 Å². The fourth-order valence-corrected chi connectivity index (χ4v) is 5.49. The van der Waals surface area contributed by atoms with Gasteiger partial charge in [0.15, 0.2) is 11.5 Å². The number of hydrogen-bond acceptors (Lipinski definition) is 12. The maximum absolute atomic E-state index is 14.5. The molecule has 4 amide bonds. The Labute approximate surface area is 256 Å². The second-order valence-corrected chi connectivity index (χ2v) is 9.71. The number of esters is 1. The number of carbonyl (C=O) groups is 6. The van der Waals surface area contributed by atoms with E-state index in [-0.39, 0.29) is 47.0 Å². The average Bonchev–Trinajstić information content (AvgIpc) is 3.15. The smallest absolute Gasteiger partial charge is 0.432 e. The normalized spacial score (nSPS) is 19.6. The fraction of sp³-hybridized carbons (Fsp3) is 0.333. The minimum Gasteiger partial charge on any atom is -0.493 e. The fourth-order valence-electron chi connectivity index (χ4n) is 5.49. The first-order chi connectivity index (χ1) is 21.6. The molecule has 15 nitrogen and oxygen atoms in total. The van der Waals surface area contributed by atoms with Gasteiger partial charge in [-0.05, 0) is 43.7 Å². The van der Waals surface area contributed by atoms with E-state index in [1.807, 2.05) is 0 Å². The van der Waals surface area contributed by atoms with Gasteiger partial charge in [0, 0.05) is 7.11 Å². The lowest BCUT2D eigenvalue weighted by atomic mass is 9.95. The molecule has 4 aliphatic rings. The minimum atomic E-state index is -2.32. The maximum atomic E-state index is 14.5. The van der Waals surface area contributed by atoms with Crippen LogP contribution in [0.15, 0.2) is 42.5 Å². The first-order valence-electron chi connectivity index (χ1n) is 13.8. The number of imide groups is 1. The summed E-state index contributed by atoms with van der Waals surface area (Å²) in [4.78, 5) is 81.2. The summed E-state index contributed by atoms with van der Waals surface area (Å²) in [6.07, 6.45) is 0.596. The molecule has 0 aromatic heterocycles. The molecule has 3 aliphatic heterocycles. The number of Topliss-reactive ketones (excluding diaryl/α,β-unsaturated/α-hetero) is 1. The number of nitrogens with zero attached hydrogens (tertiary/aromatic N) is 3. The van der Waals surface area contributed by atoms with Gasteiger partial charge >= 0.3 is 18.2 Å². The Balaban J connectivity index is 1.65. The molecular formula is C30H29N3O12. The first kappa shape index (κ1) is 31.0. The molecule has 2 bridgehead atoms. The highest BCUT2D eigenvalue weighted by Crippen LogP contribution is 2.52. The molecule has 6 rings (SSSR count). The van der Waals surface area contributed by atoms with Crippen LogP contribution in [0.5, 0.6) is 17.2 Å². The first-order valence-corrected chi connectivity index (χ1v) is 13.8. The van der Waals surface area contributed by atoms with Crippen LogP contribution in [0.2, 0.25) is 0 Å². The lowest BCUT2D eigenvalue weighted by molar-refractivity contribution is -0.158. The Bertz CT molecular complexity index is 1620. The van der Waals surface area contributed by atoms with Gasteiger partial charge in [-0.15, -0.1) is 0 Å². The molecule has 15 heteroatoms. The third-order valence-electron chi connectivity index (χ3n) is 7.41. The SMILES string of the molecule is CCOC(=O)N1[C@H]2C=C[C@](OC)(C(=O)c3c2cc(OC)c(OC)c3OC(=O)CN2C(=O)c3ccccc3C2=O)N1C(=O)OCC. The minimum absolute atomic E-state index is 0.00992. The summed E-state index contributed by atoms with van der Waals surface area (Å²) in [6.45, 7) is 2.11. The van der Waals surface area contributed by atoms with E-state index in [1.165, 1.54) is 51.5 Å². The van der Waals surface area contributed by atoms with Crippen LogP contribution in [0.25, 0.3) is 0 Å². The maximum Gasteiger partial charge on any atom is 0.432 e. The molecule has 45 heavy (non-hydrogen) atoms. The number of ether oxygens (including phenoxy) is 6. The number of benzene rings is 2. The van der Waals surface area contributed by atoms with Crippen molar-refractivity contribution in [1.29, 1.82) is 0 Å². The van der Waals surface area contributed by atoms with Crippen LogP contribution in [0.3, 0.4) is 0 Å². The summed E-state index contributed by atoms with van der Waals surface area (Å²) in [5.41, 5.74) is -2.32. The van der Waals surface area contributed by atoms with Gasteiger partial charge < -0.3 is 28.4 Å². The third-order valence-corrected chi connectivity index (χ3v) is 7.41. The van der Waals surface area contributed by atoms with Crippen molar-refractivity contribution in [2.24, 2.45) is 0 Å². The molecule has 0 fully saturated rings. The number of amides is 4. The Morgan fingerprint density at radius 2 is 1.49 bits per heavy atom. The Kier molecular flexibility index (Phi) is 8.21. The largest absolute Gasteiger partial charge is 0.493 e. The van der Waals surface area contributed by atoms with Crippen molar-refractivity contribution in [2.75, 3.05) is 41.1 Å². The van der Waals surface area contributed by atoms with Gasteiger partial charge in [-0.25, -0.2) is 14.4 Å². The zero-order valence-corrected chi connectivity index (χ0v) is 25.0. The van der Waals surface area contributed by atoms with Crippen LogP contribution < -0.4 is 14.2 Å². The predicted molar refractivity (Wildman–Crippen MR) is 151 cm³/mol. The van der Waals surface area contributed by atoms with Crippen molar-refractivity contribution in [3.63, 3.8) is 0 Å². The van der Waals surface area contributed by atoms with Crippen LogP contribution >= 0.6 is 0 Å². The van der Waals surface area contributed by atoms with Crippen molar-refractivity contribution in [2.45, 2.75) is 25.6 Å². The van der Waals surface area contributed by atoms with Crippen LogP contribution in [0, 0.1) is 0 Å². The van der Waals surface area contributed by atoms with E-state index in [2.05, 4.69) is 0 Å². The lowest BCUT2D eigenvalue weighted by Gasteiger charge is -2.46. The second-order valence-electron chi connectivity index (χ2n) is 9.71. The molecule has 1 aliphatic carbocycles. The summed E-state index contributed by atoms with van der Waals surface area (Å²) in [6, 6.07) is 6.27. The number of hydrogen-bond donors (Lipinski definition) is 0. The van der Waals surface area contributed by atoms with E-state index in [4.69, 9.17) is 28.4 Å². The Morgan fingerprint density at radius 1 is 0.867 bits per heavy atom. The van der Waals surface area contributed by atoms with E-state index < -0.39 is 59.8 Å². The highest BCUT2D eigenvalue weighted by molar-refractivity contribution is 6.22. The molecule has 2 aromatic carbocycles. The van der Waals surface area contributed by atoms with Crippen molar-refractivity contribution in [1.82, 2.24) is 14.9 Å². The average molecular weight is 624 g/mol. The Hall–Kier alpha value is -5.44. The third kappa shape index (κ3) is 4.71. The number of carbonyl (C=O) groups excluding carboxylic acids is 6. The lowest BCUT2D eigenvalue weighted by Crippen LogP contribution is -2.66. The topological polar surface area (TPSA) is 168 Å². The summed E-state index contributed by atoms with van der Waals surface area (Å²) >= 11 is 0. The summed E-state index contributed by atoms with van der Waals surface area (Å²) in [5.74, 6) is -4.10. The van der Waals surface area contributed by atoms with Crippen LogP contribution in [-0.4, -0.2) is 97.5 Å². The second kappa shape index (κ2) is 11.9. The van der Waals surface area contributed by atoms with Crippen LogP contribution in [-0.2, 0) is 19.0 Å². The standard InChI is InChI=1S/C30H29N3O12/c1-6-43-28(38)32-19-12-13-30(42-5,33(32)29(39)44-7-2)25(35)22-18(19)14-20(40-3)23(41-4)24(22)45-21(34)15-31-26(36)16-10-8-9-11-17(16)27(31)37/h8-14,19H,6-7,15H2,1-5H3/t19-,30-/m0/s1. The van der Waals surface area contributed by atoms with E-state index in [0.717, 1.165) is 12.1 Å². The van der Waals surface area contributed by atoms with Gasteiger partial charge in [0.05, 0.1) is 44.1 Å².